The first-order chi connectivity index (χ1) is 45.7. The number of hydrogen-bond donors (Lipinski definition) is 0. The molecule has 11 aliphatic rings. The second-order valence-corrected chi connectivity index (χ2v) is 32.2. The number of benzene rings is 13. The van der Waals surface area contributed by atoms with Crippen molar-refractivity contribution in [3.63, 3.8) is 0 Å². The van der Waals surface area contributed by atoms with E-state index in [-0.39, 0.29) is 26.9 Å². The van der Waals surface area contributed by atoms with E-state index in [1.54, 1.807) is 0 Å². The number of rotatable bonds is 1. The molecule has 0 saturated carbocycles. The Hall–Kier alpha value is -8.58. The van der Waals surface area contributed by atoms with Gasteiger partial charge in [-0.25, -0.2) is 0 Å². The average Bonchev–Trinajstić information content (AvgIpc) is 1.36. The summed E-state index contributed by atoms with van der Waals surface area (Å²) in [5, 5.41) is 2.65. The third-order valence-corrected chi connectivity index (χ3v) is 28.9. The van der Waals surface area contributed by atoms with Crippen LogP contribution in [0, 0.1) is 0 Å². The lowest BCUT2D eigenvalue weighted by atomic mass is 9.31. The summed E-state index contributed by atoms with van der Waals surface area (Å²) in [5.41, 5.74) is 35.6. The lowest BCUT2D eigenvalue weighted by Crippen LogP contribution is -2.65. The number of hydrogen-bond acceptors (Lipinski definition) is 9. The van der Waals surface area contributed by atoms with Gasteiger partial charge in [-0.2, -0.15) is 0 Å². The Kier molecular flexibility index (Phi) is 9.06. The molecule has 12 heterocycles. The van der Waals surface area contributed by atoms with Gasteiger partial charge in [0.2, 0.25) is 13.4 Å². The van der Waals surface area contributed by atoms with E-state index in [4.69, 9.17) is 0 Å². The van der Waals surface area contributed by atoms with Crippen LogP contribution in [0.25, 0.3) is 38.6 Å². The Morgan fingerprint density at radius 3 is 1.33 bits per heavy atom. The second-order valence-electron chi connectivity index (χ2n) is 25.8. The van der Waals surface area contributed by atoms with Crippen molar-refractivity contribution in [2.24, 2.45) is 0 Å². The highest BCUT2D eigenvalue weighted by Gasteiger charge is 2.58. The zero-order valence-corrected chi connectivity index (χ0v) is 53.4. The maximum atomic E-state index is 2.84. The van der Waals surface area contributed by atoms with Crippen molar-refractivity contribution in [2.45, 2.75) is 58.7 Å². The molecular formula is C78H38B4N4S6. The minimum absolute atomic E-state index is 0.0254. The zero-order valence-electron chi connectivity index (χ0n) is 48.5. The Labute approximate surface area is 556 Å². The molecule has 14 heteroatoms. The maximum absolute atomic E-state index is 2.84. The van der Waals surface area contributed by atoms with Gasteiger partial charge in [-0.15, -0.1) is 0 Å². The second kappa shape index (κ2) is 17.0. The molecular weight excluding hydrogens is 1230 g/mol. The number of fused-ring (bicyclic) bond motifs is 26. The molecule has 0 amide bonds. The molecule has 418 valence electrons. The minimum atomic E-state index is -0.0923. The lowest BCUT2D eigenvalue weighted by molar-refractivity contribution is 1.09. The predicted octanol–water partition coefficient (Wildman–Crippen LogP) is 13.3. The van der Waals surface area contributed by atoms with E-state index < -0.39 is 0 Å². The molecule has 13 aromatic carbocycles. The standard InChI is InChI=1S/C78H38B4N4S6/c1-2-19-39(20-3-1)83-69-59-40-21-4-8-28-47(40)84-70(59)61(81-44-25-7-13-33-52(44)91-77-65(81)74(84)76-64-72(77)85-48-29-9-14-34-53(48)87-56-37-18-27-46(67(56)85)80(64)43-24-6-12-32-51(43)90-76)58-41-22-16-36-55-60(41)82(62(58)69)66-71(83)75-63-73(78(66)92-55)86-49-30-10-15-35-54(49)88-57-38-17-26-45(68(57)86)79(63)42-23-5-11-31-50(42)89-75/h1-38H. The largest absolute Gasteiger partial charge is 0.310 e. The summed E-state index contributed by atoms with van der Waals surface area (Å²) >= 11 is 12.0. The molecule has 0 N–H and O–H groups in total. The molecule has 0 unspecified atom stereocenters. The minimum Gasteiger partial charge on any atom is -0.310 e. The fourth-order valence-corrected chi connectivity index (χ4v) is 26.2. The monoisotopic (exact) mass is 1270 g/mol. The Bertz CT molecular complexity index is 6010. The highest BCUT2D eigenvalue weighted by atomic mass is 32.2. The fraction of sp³-hybridized carbons (Fsp3) is 0. The quantitative estimate of drug-likeness (QED) is 0.148. The van der Waals surface area contributed by atoms with Gasteiger partial charge in [-0.05, 0) is 139 Å². The fourth-order valence-electron chi connectivity index (χ4n) is 18.8. The molecule has 25 rings (SSSR count). The van der Waals surface area contributed by atoms with E-state index in [2.05, 4.69) is 250 Å². The van der Waals surface area contributed by atoms with Crippen LogP contribution in [0.3, 0.4) is 0 Å². The van der Waals surface area contributed by atoms with Crippen molar-refractivity contribution in [1.82, 2.24) is 4.57 Å². The highest BCUT2D eigenvalue weighted by Crippen LogP contribution is 2.62. The summed E-state index contributed by atoms with van der Waals surface area (Å²) in [7, 11) is 0. The van der Waals surface area contributed by atoms with Crippen molar-refractivity contribution < 1.29 is 0 Å². The molecule has 92 heavy (non-hydrogen) atoms. The van der Waals surface area contributed by atoms with Crippen molar-refractivity contribution >= 4 is 236 Å². The van der Waals surface area contributed by atoms with Gasteiger partial charge in [0.1, 0.15) is 0 Å². The third kappa shape index (κ3) is 5.57. The molecule has 0 atom stereocenters. The lowest BCUT2D eigenvalue weighted by Gasteiger charge is -2.49. The summed E-state index contributed by atoms with van der Waals surface area (Å²) in [6.07, 6.45) is 0. The van der Waals surface area contributed by atoms with Crippen LogP contribution in [0.15, 0.2) is 289 Å². The van der Waals surface area contributed by atoms with Gasteiger partial charge >= 0.3 is 0 Å². The van der Waals surface area contributed by atoms with E-state index >= 15 is 0 Å². The third-order valence-electron chi connectivity index (χ3n) is 21.8. The van der Waals surface area contributed by atoms with E-state index in [0.29, 0.717) is 0 Å². The first-order valence-corrected chi connectivity index (χ1v) is 36.6. The number of aromatic nitrogens is 1. The van der Waals surface area contributed by atoms with Gasteiger partial charge in [0.15, 0.2) is 0 Å². The zero-order chi connectivity index (χ0) is 58.8. The first-order valence-electron chi connectivity index (χ1n) is 31.7. The number of nitrogens with zero attached hydrogens (tertiary/aromatic N) is 4. The first kappa shape index (κ1) is 49.1. The topological polar surface area (TPSA) is 14.7 Å². The van der Waals surface area contributed by atoms with Gasteiger partial charge in [0.25, 0.3) is 13.4 Å². The van der Waals surface area contributed by atoms with Crippen molar-refractivity contribution in [2.75, 3.05) is 14.7 Å². The van der Waals surface area contributed by atoms with Gasteiger partial charge in [-0.3, -0.25) is 0 Å². The molecule has 1 aromatic heterocycles. The Morgan fingerprint density at radius 2 is 0.707 bits per heavy atom. The Morgan fingerprint density at radius 1 is 0.261 bits per heavy atom. The van der Waals surface area contributed by atoms with Crippen LogP contribution in [0.1, 0.15) is 0 Å². The van der Waals surface area contributed by atoms with Gasteiger partial charge < -0.3 is 19.3 Å². The summed E-state index contributed by atoms with van der Waals surface area (Å²) in [5.74, 6) is 0. The van der Waals surface area contributed by atoms with Crippen LogP contribution >= 0.6 is 70.6 Å². The molecule has 0 aliphatic carbocycles. The van der Waals surface area contributed by atoms with Gasteiger partial charge in [-0.1, -0.05) is 239 Å². The number of anilines is 9. The highest BCUT2D eigenvalue weighted by molar-refractivity contribution is 8.02. The molecule has 4 nitrogen and oxygen atoms in total. The van der Waals surface area contributed by atoms with E-state index in [0.717, 1.165) is 0 Å². The van der Waals surface area contributed by atoms with Crippen LogP contribution in [-0.4, -0.2) is 31.4 Å². The summed E-state index contributed by atoms with van der Waals surface area (Å²) in [6, 6.07) is 89.5. The van der Waals surface area contributed by atoms with Crippen LogP contribution in [-0.2, 0) is 0 Å². The Balaban J connectivity index is 0.883. The molecule has 0 bridgehead atoms. The van der Waals surface area contributed by atoms with Crippen LogP contribution in [0.5, 0.6) is 0 Å². The molecule has 0 fully saturated rings. The van der Waals surface area contributed by atoms with E-state index in [1.165, 1.54) is 214 Å². The molecule has 11 aliphatic heterocycles. The molecule has 14 aromatic rings. The normalized spacial score (nSPS) is 15.6. The van der Waals surface area contributed by atoms with Crippen LogP contribution < -0.4 is 80.3 Å². The summed E-state index contributed by atoms with van der Waals surface area (Å²) < 4.78 is 2.84. The predicted molar refractivity (Wildman–Crippen MR) is 393 cm³/mol. The number of para-hydroxylation sites is 6. The van der Waals surface area contributed by atoms with Crippen molar-refractivity contribution in [3.8, 4) is 16.8 Å². The molecule has 0 radical (unpaired) electrons. The molecule has 0 spiro atoms. The smallest absolute Gasteiger partial charge is 0.251 e. The van der Waals surface area contributed by atoms with Crippen molar-refractivity contribution in [1.29, 1.82) is 0 Å². The summed E-state index contributed by atoms with van der Waals surface area (Å²) in [6.45, 7) is -0.0719. The van der Waals surface area contributed by atoms with E-state index in [1.807, 2.05) is 70.6 Å². The summed E-state index contributed by atoms with van der Waals surface area (Å²) in [4.78, 5) is 24.4. The SMILES string of the molecule is c1ccc(N2c3c4c5c(c6c3B3c7c(cccc7-c7c3c2c2c3ccccc3n3c2c7B2c7ccccc7Sc7c2c-3c2c3c7N7c8ccccc8Sc8cccc(c87)B3c3ccccc3S2)S6)N2c3ccccc3Sc3cccc(c32)B5c2ccccc2S4)cc1. The molecule has 0 saturated heterocycles. The van der Waals surface area contributed by atoms with Gasteiger partial charge in [0.05, 0.1) is 62.2 Å². The van der Waals surface area contributed by atoms with E-state index in [9.17, 15) is 0 Å². The average molecular weight is 1270 g/mol. The van der Waals surface area contributed by atoms with Gasteiger partial charge in [0, 0.05) is 75.2 Å². The van der Waals surface area contributed by atoms with Crippen molar-refractivity contribution in [3.05, 3.63) is 231 Å². The van der Waals surface area contributed by atoms with Crippen LogP contribution in [0.2, 0.25) is 0 Å². The van der Waals surface area contributed by atoms with Crippen LogP contribution in [0.4, 0.5) is 51.2 Å². The maximum Gasteiger partial charge on any atom is 0.251 e.